The van der Waals surface area contributed by atoms with Crippen molar-refractivity contribution in [3.63, 3.8) is 0 Å². The smallest absolute Gasteiger partial charge is 0.123 e. The van der Waals surface area contributed by atoms with E-state index in [0.717, 1.165) is 28.6 Å². The van der Waals surface area contributed by atoms with Crippen LogP contribution in [0.25, 0.3) is 5.69 Å². The third-order valence-electron chi connectivity index (χ3n) is 3.22. The van der Waals surface area contributed by atoms with Crippen LogP contribution in [0.1, 0.15) is 11.5 Å². The molecule has 1 N–H and O–H groups in total. The Balaban J connectivity index is 1.66. The Morgan fingerprint density at radius 3 is 2.67 bits per heavy atom. The third kappa shape index (κ3) is 3.52. The van der Waals surface area contributed by atoms with Crippen LogP contribution in [0.15, 0.2) is 65.3 Å². The van der Waals surface area contributed by atoms with Crippen molar-refractivity contribution in [3.05, 3.63) is 72.4 Å². The van der Waals surface area contributed by atoms with Crippen molar-refractivity contribution in [3.8, 4) is 5.69 Å². The topological polar surface area (TPSA) is 30.1 Å². The molecule has 0 aliphatic carbocycles. The quantitative estimate of drug-likeness (QED) is 0.724. The molecular weight excluding hydrogens is 280 g/mol. The van der Waals surface area contributed by atoms with Crippen LogP contribution in [0.5, 0.6) is 0 Å². The van der Waals surface area contributed by atoms with E-state index in [1.165, 1.54) is 0 Å². The van der Waals surface area contributed by atoms with Crippen molar-refractivity contribution in [1.82, 2.24) is 4.57 Å². The fraction of sp³-hybridized carbons (Fsp3) is 0.176. The highest BCUT2D eigenvalue weighted by Gasteiger charge is 2.02. The maximum atomic E-state index is 5.76. The van der Waals surface area contributed by atoms with E-state index in [2.05, 4.69) is 40.4 Å². The van der Waals surface area contributed by atoms with Gasteiger partial charge in [-0.05, 0) is 48.7 Å². The van der Waals surface area contributed by atoms with E-state index >= 15 is 0 Å². The lowest BCUT2D eigenvalue weighted by molar-refractivity contribution is 0.487. The average Bonchev–Trinajstić information content (AvgIpc) is 3.18. The van der Waals surface area contributed by atoms with Crippen LogP contribution in [0.4, 0.5) is 5.69 Å². The van der Waals surface area contributed by atoms with Gasteiger partial charge in [0.1, 0.15) is 11.5 Å². The zero-order valence-corrected chi connectivity index (χ0v) is 12.8. The number of furan rings is 1. The van der Waals surface area contributed by atoms with E-state index < -0.39 is 0 Å². The molecule has 0 saturated carbocycles. The number of rotatable bonds is 6. The lowest BCUT2D eigenvalue weighted by Crippen LogP contribution is -1.99. The molecular formula is C17H18N2OS. The number of hydrogen-bond donors (Lipinski definition) is 1. The standard InChI is InChI=1S/C17H18N2OS/c1-21-13-17-8-7-16(20-17)12-18-14-5-4-6-15(11-14)19-9-2-3-10-19/h2-11,18H,12-13H2,1H3. The fourth-order valence-corrected chi connectivity index (χ4v) is 2.65. The van der Waals surface area contributed by atoms with E-state index in [-0.39, 0.29) is 0 Å². The van der Waals surface area contributed by atoms with Crippen LogP contribution >= 0.6 is 11.8 Å². The summed E-state index contributed by atoms with van der Waals surface area (Å²) in [5.74, 6) is 2.91. The summed E-state index contributed by atoms with van der Waals surface area (Å²) in [6.07, 6.45) is 6.16. The second kappa shape index (κ2) is 6.59. The monoisotopic (exact) mass is 298 g/mol. The first-order chi connectivity index (χ1) is 10.3. The lowest BCUT2D eigenvalue weighted by Gasteiger charge is -2.08. The summed E-state index contributed by atoms with van der Waals surface area (Å²) in [5.41, 5.74) is 2.23. The summed E-state index contributed by atoms with van der Waals surface area (Å²) in [5, 5.41) is 3.40. The molecule has 108 valence electrons. The molecule has 0 unspecified atom stereocenters. The van der Waals surface area contributed by atoms with Crippen LogP contribution in [0.3, 0.4) is 0 Å². The molecule has 3 aromatic rings. The number of anilines is 1. The van der Waals surface area contributed by atoms with E-state index in [1.54, 1.807) is 11.8 Å². The summed E-state index contributed by atoms with van der Waals surface area (Å²) in [6.45, 7) is 0.698. The van der Waals surface area contributed by atoms with Crippen molar-refractivity contribution >= 4 is 17.4 Å². The van der Waals surface area contributed by atoms with Gasteiger partial charge in [0.25, 0.3) is 0 Å². The summed E-state index contributed by atoms with van der Waals surface area (Å²) in [4.78, 5) is 0. The Morgan fingerprint density at radius 2 is 1.86 bits per heavy atom. The van der Waals surface area contributed by atoms with Crippen LogP contribution in [-0.2, 0) is 12.3 Å². The van der Waals surface area contributed by atoms with Gasteiger partial charge >= 0.3 is 0 Å². The molecule has 0 spiro atoms. The predicted octanol–water partition coefficient (Wildman–Crippen LogP) is 4.55. The summed E-state index contributed by atoms with van der Waals surface area (Å²) in [6, 6.07) is 16.5. The Morgan fingerprint density at radius 1 is 1.05 bits per heavy atom. The molecule has 2 heterocycles. The van der Waals surface area contributed by atoms with Crippen molar-refractivity contribution in [2.75, 3.05) is 11.6 Å². The Hall–Kier alpha value is -2.07. The van der Waals surface area contributed by atoms with Gasteiger partial charge < -0.3 is 14.3 Å². The fourth-order valence-electron chi connectivity index (χ4n) is 2.21. The second-order valence-electron chi connectivity index (χ2n) is 4.80. The molecule has 3 nitrogen and oxygen atoms in total. The highest BCUT2D eigenvalue weighted by molar-refractivity contribution is 7.97. The molecule has 0 radical (unpaired) electrons. The van der Waals surface area contributed by atoms with Gasteiger partial charge in [-0.1, -0.05) is 6.07 Å². The van der Waals surface area contributed by atoms with Gasteiger partial charge in [-0.15, -0.1) is 0 Å². The number of nitrogens with zero attached hydrogens (tertiary/aromatic N) is 1. The zero-order chi connectivity index (χ0) is 14.5. The van der Waals surface area contributed by atoms with Gasteiger partial charge in [0, 0.05) is 23.8 Å². The van der Waals surface area contributed by atoms with Crippen LogP contribution in [-0.4, -0.2) is 10.8 Å². The van der Waals surface area contributed by atoms with Gasteiger partial charge in [-0.3, -0.25) is 0 Å². The van der Waals surface area contributed by atoms with Gasteiger partial charge in [0.05, 0.1) is 12.3 Å². The molecule has 0 aliphatic heterocycles. The molecule has 0 bridgehead atoms. The molecule has 0 saturated heterocycles. The average molecular weight is 298 g/mol. The van der Waals surface area contributed by atoms with Crippen LogP contribution in [0, 0.1) is 0 Å². The molecule has 0 aliphatic rings. The minimum atomic E-state index is 0.698. The number of nitrogens with one attached hydrogen (secondary N) is 1. The Kier molecular flexibility index (Phi) is 4.36. The molecule has 2 aromatic heterocycles. The van der Waals surface area contributed by atoms with Crippen molar-refractivity contribution in [2.24, 2.45) is 0 Å². The normalized spacial score (nSPS) is 10.7. The number of benzene rings is 1. The van der Waals surface area contributed by atoms with Gasteiger partial charge in [0.2, 0.25) is 0 Å². The molecule has 0 atom stereocenters. The first-order valence-electron chi connectivity index (χ1n) is 6.89. The number of hydrogen-bond acceptors (Lipinski definition) is 3. The van der Waals surface area contributed by atoms with E-state index in [9.17, 15) is 0 Å². The van der Waals surface area contributed by atoms with E-state index in [4.69, 9.17) is 4.42 Å². The highest BCUT2D eigenvalue weighted by Crippen LogP contribution is 2.17. The van der Waals surface area contributed by atoms with Crippen molar-refractivity contribution in [2.45, 2.75) is 12.3 Å². The number of thioether (sulfide) groups is 1. The first kappa shape index (κ1) is 13.9. The van der Waals surface area contributed by atoms with Crippen molar-refractivity contribution < 1.29 is 4.42 Å². The zero-order valence-electron chi connectivity index (χ0n) is 12.0. The minimum absolute atomic E-state index is 0.698. The maximum Gasteiger partial charge on any atom is 0.123 e. The van der Waals surface area contributed by atoms with E-state index in [1.807, 2.05) is 36.7 Å². The lowest BCUT2D eigenvalue weighted by atomic mass is 10.2. The van der Waals surface area contributed by atoms with Crippen molar-refractivity contribution in [1.29, 1.82) is 0 Å². The molecule has 4 heteroatoms. The molecule has 1 aromatic carbocycles. The van der Waals surface area contributed by atoms with Gasteiger partial charge in [0.15, 0.2) is 0 Å². The number of aromatic nitrogens is 1. The first-order valence-corrected chi connectivity index (χ1v) is 8.28. The molecule has 0 fully saturated rings. The minimum Gasteiger partial charge on any atom is -0.463 e. The molecule has 0 amide bonds. The van der Waals surface area contributed by atoms with Crippen LogP contribution in [0.2, 0.25) is 0 Å². The summed E-state index contributed by atoms with van der Waals surface area (Å²) >= 11 is 1.77. The maximum absolute atomic E-state index is 5.76. The Labute approximate surface area is 129 Å². The van der Waals surface area contributed by atoms with Gasteiger partial charge in [-0.2, -0.15) is 11.8 Å². The Bertz CT molecular complexity index is 688. The highest BCUT2D eigenvalue weighted by atomic mass is 32.2. The SMILES string of the molecule is CSCc1ccc(CNc2cccc(-n3cccc3)c2)o1. The summed E-state index contributed by atoms with van der Waals surface area (Å²) in [7, 11) is 0. The third-order valence-corrected chi connectivity index (χ3v) is 3.79. The predicted molar refractivity (Wildman–Crippen MR) is 89.0 cm³/mol. The van der Waals surface area contributed by atoms with Crippen LogP contribution < -0.4 is 5.32 Å². The van der Waals surface area contributed by atoms with E-state index in [0.29, 0.717) is 6.54 Å². The van der Waals surface area contributed by atoms with Gasteiger partial charge in [-0.25, -0.2) is 0 Å². The molecule has 21 heavy (non-hydrogen) atoms. The largest absolute Gasteiger partial charge is 0.463 e. The molecule has 3 rings (SSSR count). The summed E-state index contributed by atoms with van der Waals surface area (Å²) < 4.78 is 7.85. The second-order valence-corrected chi connectivity index (χ2v) is 5.66.